The highest BCUT2D eigenvalue weighted by Crippen LogP contribution is 2.33. The monoisotopic (exact) mass is 462 g/mol. The first-order valence-corrected chi connectivity index (χ1v) is 11.1. The second-order valence-electron chi connectivity index (χ2n) is 7.21. The molecule has 10 heteroatoms. The van der Waals surface area contributed by atoms with Crippen LogP contribution in [0.1, 0.15) is 11.1 Å². The Labute approximate surface area is 189 Å². The molecule has 0 atom stereocenters. The molecule has 2 heterocycles. The van der Waals surface area contributed by atoms with E-state index in [2.05, 4.69) is 30.5 Å². The van der Waals surface area contributed by atoms with E-state index in [4.69, 9.17) is 9.47 Å². The van der Waals surface area contributed by atoms with Gasteiger partial charge < -0.3 is 19.1 Å². The van der Waals surface area contributed by atoms with Crippen molar-refractivity contribution in [2.75, 3.05) is 38.3 Å². The number of halogens is 2. The molecule has 32 heavy (non-hydrogen) atoms. The highest BCUT2D eigenvalue weighted by molar-refractivity contribution is 7.98. The molecule has 4 rings (SSSR count). The third kappa shape index (κ3) is 5.13. The van der Waals surface area contributed by atoms with Gasteiger partial charge in [0.25, 0.3) is 0 Å². The molecule has 0 amide bonds. The van der Waals surface area contributed by atoms with Gasteiger partial charge in [-0.2, -0.15) is 8.78 Å². The third-order valence-electron chi connectivity index (χ3n) is 4.98. The van der Waals surface area contributed by atoms with E-state index in [0.717, 1.165) is 41.0 Å². The summed E-state index contributed by atoms with van der Waals surface area (Å²) < 4.78 is 42.4. The molecule has 0 aliphatic carbocycles. The number of ether oxygens (including phenoxy) is 3. The maximum atomic E-state index is 12.6. The Morgan fingerprint density at radius 3 is 2.62 bits per heavy atom. The summed E-state index contributed by atoms with van der Waals surface area (Å²) in [6.45, 7) is 1.93. The van der Waals surface area contributed by atoms with Crippen LogP contribution in [0.4, 0.5) is 14.7 Å². The fraction of sp³-hybridized carbons (Fsp3) is 0.364. The third-order valence-corrected chi connectivity index (χ3v) is 5.98. The lowest BCUT2D eigenvalue weighted by molar-refractivity contribution is -0.0512. The predicted molar refractivity (Wildman–Crippen MR) is 118 cm³/mol. The van der Waals surface area contributed by atoms with E-state index in [0.29, 0.717) is 19.0 Å². The number of hydrogen-bond donors (Lipinski definition) is 0. The van der Waals surface area contributed by atoms with Gasteiger partial charge in [0.1, 0.15) is 0 Å². The van der Waals surface area contributed by atoms with Gasteiger partial charge in [-0.15, -0.1) is 10.2 Å². The van der Waals surface area contributed by atoms with Crippen LogP contribution in [-0.2, 0) is 10.5 Å². The van der Waals surface area contributed by atoms with Crippen LogP contribution >= 0.6 is 11.8 Å². The molecule has 3 aromatic rings. The molecule has 1 saturated heterocycles. The Bertz CT molecular complexity index is 1060. The highest BCUT2D eigenvalue weighted by Gasteiger charge is 2.22. The van der Waals surface area contributed by atoms with E-state index in [1.807, 2.05) is 25.1 Å². The lowest BCUT2D eigenvalue weighted by Gasteiger charge is -2.28. The first-order chi connectivity index (χ1) is 15.5. The van der Waals surface area contributed by atoms with Gasteiger partial charge >= 0.3 is 6.61 Å². The molecule has 0 saturated carbocycles. The van der Waals surface area contributed by atoms with Crippen molar-refractivity contribution < 1.29 is 23.0 Å². The zero-order valence-electron chi connectivity index (χ0n) is 17.8. The molecule has 1 aliphatic heterocycles. The number of nitrogens with zero attached hydrogens (tertiary/aromatic N) is 4. The van der Waals surface area contributed by atoms with Crippen molar-refractivity contribution in [3.8, 4) is 17.2 Å². The van der Waals surface area contributed by atoms with Crippen LogP contribution in [0, 0.1) is 6.92 Å². The zero-order chi connectivity index (χ0) is 22.5. The van der Waals surface area contributed by atoms with Gasteiger partial charge in [0, 0.05) is 18.8 Å². The Balaban J connectivity index is 1.60. The number of benzene rings is 2. The molecule has 7 nitrogen and oxygen atoms in total. The minimum atomic E-state index is -2.91. The molecule has 0 unspecified atom stereocenters. The quantitative estimate of drug-likeness (QED) is 0.462. The van der Waals surface area contributed by atoms with Gasteiger partial charge in [0.05, 0.1) is 26.0 Å². The van der Waals surface area contributed by atoms with Gasteiger partial charge in [-0.25, -0.2) is 0 Å². The summed E-state index contributed by atoms with van der Waals surface area (Å²) in [4.78, 5) is 2.17. The normalized spacial score (nSPS) is 14.1. The second-order valence-corrected chi connectivity index (χ2v) is 8.15. The first kappa shape index (κ1) is 22.3. The number of thioether (sulfide) groups is 1. The van der Waals surface area contributed by atoms with Gasteiger partial charge in [-0.05, 0) is 42.3 Å². The van der Waals surface area contributed by atoms with Crippen molar-refractivity contribution in [1.29, 1.82) is 0 Å². The van der Waals surface area contributed by atoms with E-state index in [9.17, 15) is 8.78 Å². The second kappa shape index (κ2) is 10.2. The Hall–Kier alpha value is -2.85. The molecule has 1 fully saturated rings. The van der Waals surface area contributed by atoms with Gasteiger partial charge in [-0.1, -0.05) is 30.0 Å². The fourth-order valence-electron chi connectivity index (χ4n) is 3.46. The maximum absolute atomic E-state index is 12.6. The molecule has 0 N–H and O–H groups in total. The Morgan fingerprint density at radius 1 is 1.09 bits per heavy atom. The van der Waals surface area contributed by atoms with Crippen molar-refractivity contribution >= 4 is 17.7 Å². The minimum absolute atomic E-state index is 0.00813. The molecule has 0 radical (unpaired) electrons. The number of methoxy groups -OCH3 is 1. The van der Waals surface area contributed by atoms with E-state index in [1.165, 1.54) is 24.9 Å². The Morgan fingerprint density at radius 2 is 1.91 bits per heavy atom. The van der Waals surface area contributed by atoms with Gasteiger partial charge in [-0.3, -0.25) is 4.57 Å². The number of anilines is 1. The summed E-state index contributed by atoms with van der Waals surface area (Å²) in [5.74, 6) is 1.60. The van der Waals surface area contributed by atoms with Crippen molar-refractivity contribution in [2.24, 2.45) is 0 Å². The number of morpholine rings is 1. The van der Waals surface area contributed by atoms with E-state index < -0.39 is 6.61 Å². The van der Waals surface area contributed by atoms with E-state index in [-0.39, 0.29) is 11.5 Å². The van der Waals surface area contributed by atoms with Crippen LogP contribution in [0.5, 0.6) is 11.5 Å². The number of hydrogen-bond acceptors (Lipinski definition) is 7. The van der Waals surface area contributed by atoms with E-state index in [1.54, 1.807) is 12.1 Å². The van der Waals surface area contributed by atoms with Crippen LogP contribution in [0.15, 0.2) is 47.6 Å². The van der Waals surface area contributed by atoms with Crippen LogP contribution in [0.2, 0.25) is 0 Å². The Kier molecular flexibility index (Phi) is 7.11. The largest absolute Gasteiger partial charge is 0.493 e. The van der Waals surface area contributed by atoms with Gasteiger partial charge in [0.15, 0.2) is 16.7 Å². The average Bonchev–Trinajstić information content (AvgIpc) is 3.22. The maximum Gasteiger partial charge on any atom is 0.387 e. The summed E-state index contributed by atoms with van der Waals surface area (Å²) in [6.07, 6.45) is 0. The van der Waals surface area contributed by atoms with Crippen LogP contribution in [0.25, 0.3) is 5.69 Å². The van der Waals surface area contributed by atoms with Gasteiger partial charge in [0.2, 0.25) is 5.95 Å². The summed E-state index contributed by atoms with van der Waals surface area (Å²) in [5, 5.41) is 9.66. The number of aryl methyl sites for hydroxylation is 1. The van der Waals surface area contributed by atoms with E-state index >= 15 is 0 Å². The summed E-state index contributed by atoms with van der Waals surface area (Å²) in [6, 6.07) is 13.1. The fourth-order valence-corrected chi connectivity index (χ4v) is 4.35. The van der Waals surface area contributed by atoms with Crippen LogP contribution < -0.4 is 14.4 Å². The average molecular weight is 463 g/mol. The number of rotatable bonds is 8. The van der Waals surface area contributed by atoms with Crippen LogP contribution in [0.3, 0.4) is 0 Å². The van der Waals surface area contributed by atoms with Crippen molar-refractivity contribution in [3.63, 3.8) is 0 Å². The zero-order valence-corrected chi connectivity index (χ0v) is 18.6. The topological polar surface area (TPSA) is 61.6 Å². The number of aromatic nitrogens is 3. The molecule has 170 valence electrons. The number of alkyl halides is 2. The molecule has 0 spiro atoms. The van der Waals surface area contributed by atoms with Crippen molar-refractivity contribution in [2.45, 2.75) is 24.4 Å². The van der Waals surface area contributed by atoms with Crippen molar-refractivity contribution in [1.82, 2.24) is 14.8 Å². The lowest BCUT2D eigenvalue weighted by Crippen LogP contribution is -2.37. The molecule has 1 aromatic heterocycles. The van der Waals surface area contributed by atoms with Crippen molar-refractivity contribution in [3.05, 3.63) is 53.6 Å². The molecule has 1 aliphatic rings. The standard InChI is InChI=1S/C22H24F2N4O3S/c1-15-4-3-5-17(12-15)28-21(27-8-10-30-11-9-27)25-26-22(28)32-14-16-6-7-18(31-20(23)24)19(13-16)29-2/h3-7,12-13,20H,8-11,14H2,1-2H3. The van der Waals surface area contributed by atoms with Crippen LogP contribution in [-0.4, -0.2) is 54.8 Å². The summed E-state index contributed by atoms with van der Waals surface area (Å²) >= 11 is 1.51. The molecular weight excluding hydrogens is 438 g/mol. The molecule has 0 bridgehead atoms. The molecular formula is C22H24F2N4O3S. The predicted octanol–water partition coefficient (Wildman–Crippen LogP) is 4.31. The smallest absolute Gasteiger partial charge is 0.387 e. The SMILES string of the molecule is COc1cc(CSc2nnc(N3CCOCC3)n2-c2cccc(C)c2)ccc1OC(F)F. The molecule has 2 aromatic carbocycles. The highest BCUT2D eigenvalue weighted by atomic mass is 32.2. The minimum Gasteiger partial charge on any atom is -0.493 e. The summed E-state index contributed by atoms with van der Waals surface area (Å²) in [7, 11) is 1.42. The summed E-state index contributed by atoms with van der Waals surface area (Å²) in [5.41, 5.74) is 3.01. The lowest BCUT2D eigenvalue weighted by atomic mass is 10.2. The first-order valence-electron chi connectivity index (χ1n) is 10.1.